The molecule has 1 amide bonds. The van der Waals surface area contributed by atoms with Crippen molar-refractivity contribution in [3.63, 3.8) is 0 Å². The molecule has 2 rings (SSSR count). The fourth-order valence-corrected chi connectivity index (χ4v) is 2.64. The second-order valence-electron chi connectivity index (χ2n) is 5.62. The Morgan fingerprint density at radius 3 is 2.60 bits per heavy atom. The minimum atomic E-state index is 0.123. The summed E-state index contributed by atoms with van der Waals surface area (Å²) in [7, 11) is 3.64. The van der Waals surface area contributed by atoms with Crippen LogP contribution < -0.4 is 0 Å². The first-order valence-corrected chi connectivity index (χ1v) is 7.30. The first kappa shape index (κ1) is 15.0. The summed E-state index contributed by atoms with van der Waals surface area (Å²) in [6.45, 7) is 5.89. The molecule has 0 aromatic carbocycles. The van der Waals surface area contributed by atoms with E-state index in [0.717, 1.165) is 38.2 Å². The van der Waals surface area contributed by atoms with Crippen LogP contribution in [0.3, 0.4) is 0 Å². The zero-order valence-electron chi connectivity index (χ0n) is 12.8. The minimum absolute atomic E-state index is 0.123. The van der Waals surface area contributed by atoms with Crippen molar-refractivity contribution in [1.82, 2.24) is 19.9 Å². The maximum atomic E-state index is 12.0. The Morgan fingerprint density at radius 1 is 1.45 bits per heavy atom. The maximum Gasteiger partial charge on any atom is 0.243 e. The van der Waals surface area contributed by atoms with Crippen LogP contribution in [-0.2, 0) is 11.2 Å². The van der Waals surface area contributed by atoms with Gasteiger partial charge in [-0.25, -0.2) is 0 Å². The second kappa shape index (κ2) is 6.35. The summed E-state index contributed by atoms with van der Waals surface area (Å²) in [5.74, 6) is 1.83. The molecular weight excluding hydrogens is 256 g/mol. The van der Waals surface area contributed by atoms with Crippen LogP contribution in [-0.4, -0.2) is 53.0 Å². The number of carbonyl (C=O) groups is 1. The summed E-state index contributed by atoms with van der Waals surface area (Å²) in [4.78, 5) is 20.3. The highest BCUT2D eigenvalue weighted by Crippen LogP contribution is 2.26. The molecule has 1 aliphatic heterocycles. The summed E-state index contributed by atoms with van der Waals surface area (Å²) in [6.07, 6.45) is 2.59. The number of hydrogen-bond acceptors (Lipinski definition) is 5. The average Bonchev–Trinajstić information content (AvgIpc) is 2.94. The molecule has 112 valence electrons. The molecule has 0 radical (unpaired) electrons. The van der Waals surface area contributed by atoms with Gasteiger partial charge in [-0.3, -0.25) is 9.69 Å². The smallest absolute Gasteiger partial charge is 0.243 e. The predicted octanol–water partition coefficient (Wildman–Crippen LogP) is 1.49. The van der Waals surface area contributed by atoms with Crippen LogP contribution in [0.4, 0.5) is 0 Å². The van der Waals surface area contributed by atoms with Crippen LogP contribution in [0.1, 0.15) is 44.4 Å². The first-order valence-electron chi connectivity index (χ1n) is 7.30. The van der Waals surface area contributed by atoms with E-state index in [4.69, 9.17) is 4.52 Å². The zero-order valence-corrected chi connectivity index (χ0v) is 12.8. The minimum Gasteiger partial charge on any atom is -0.349 e. The molecule has 2 heterocycles. The van der Waals surface area contributed by atoms with E-state index in [1.54, 1.807) is 4.90 Å². The van der Waals surface area contributed by atoms with Crippen molar-refractivity contribution < 1.29 is 9.32 Å². The van der Waals surface area contributed by atoms with Gasteiger partial charge in [0.2, 0.25) is 11.8 Å². The van der Waals surface area contributed by atoms with E-state index in [1.807, 2.05) is 21.0 Å². The standard InChI is InChI=1S/C14H24N4O2/c1-5-12-15-13(20-16-12)10(2)18-8-6-11(7-9-18)14(19)17(3)4/h10-11H,5-9H2,1-4H3/t10-/m1/s1. The highest BCUT2D eigenvalue weighted by molar-refractivity contribution is 5.78. The van der Waals surface area contributed by atoms with Crippen molar-refractivity contribution in [3.05, 3.63) is 11.7 Å². The molecule has 0 bridgehead atoms. The van der Waals surface area contributed by atoms with Crippen molar-refractivity contribution in [2.75, 3.05) is 27.2 Å². The summed E-state index contributed by atoms with van der Waals surface area (Å²) in [5.41, 5.74) is 0. The van der Waals surface area contributed by atoms with E-state index in [9.17, 15) is 4.79 Å². The number of aromatic nitrogens is 2. The van der Waals surface area contributed by atoms with Crippen LogP contribution in [0.25, 0.3) is 0 Å². The number of rotatable bonds is 4. The number of carbonyl (C=O) groups excluding carboxylic acids is 1. The van der Waals surface area contributed by atoms with Gasteiger partial charge in [-0.2, -0.15) is 4.98 Å². The predicted molar refractivity (Wildman–Crippen MR) is 75.1 cm³/mol. The first-order chi connectivity index (χ1) is 9.52. The third-order valence-electron chi connectivity index (χ3n) is 4.02. The summed E-state index contributed by atoms with van der Waals surface area (Å²) in [5, 5.41) is 3.94. The lowest BCUT2D eigenvalue weighted by molar-refractivity contribution is -0.134. The van der Waals surface area contributed by atoms with Gasteiger partial charge in [0.1, 0.15) is 0 Å². The number of nitrogens with zero attached hydrogens (tertiary/aromatic N) is 4. The van der Waals surface area contributed by atoms with Gasteiger partial charge in [0.05, 0.1) is 6.04 Å². The van der Waals surface area contributed by atoms with E-state index in [1.165, 1.54) is 0 Å². The number of piperidine rings is 1. The Bertz CT molecular complexity index is 450. The fraction of sp³-hybridized carbons (Fsp3) is 0.786. The molecule has 1 atom stereocenters. The van der Waals surface area contributed by atoms with Gasteiger partial charge in [0.15, 0.2) is 5.82 Å². The SMILES string of the molecule is CCc1noc([C@@H](C)N2CCC(C(=O)N(C)C)CC2)n1. The summed E-state index contributed by atoms with van der Waals surface area (Å²) >= 11 is 0. The van der Waals surface area contributed by atoms with Crippen molar-refractivity contribution in [1.29, 1.82) is 0 Å². The molecule has 0 N–H and O–H groups in total. The normalized spacial score (nSPS) is 19.0. The molecule has 1 saturated heterocycles. The molecule has 6 nitrogen and oxygen atoms in total. The molecule has 0 saturated carbocycles. The van der Waals surface area contributed by atoms with Crippen LogP contribution >= 0.6 is 0 Å². The Hall–Kier alpha value is -1.43. The van der Waals surface area contributed by atoms with Crippen molar-refractivity contribution in [2.24, 2.45) is 5.92 Å². The van der Waals surface area contributed by atoms with Gasteiger partial charge in [0, 0.05) is 26.4 Å². The number of aryl methyl sites for hydroxylation is 1. The van der Waals surface area contributed by atoms with Gasteiger partial charge >= 0.3 is 0 Å². The Labute approximate surface area is 120 Å². The van der Waals surface area contributed by atoms with Gasteiger partial charge in [-0.05, 0) is 32.9 Å². The van der Waals surface area contributed by atoms with E-state index in [2.05, 4.69) is 22.0 Å². The second-order valence-corrected chi connectivity index (χ2v) is 5.62. The monoisotopic (exact) mass is 280 g/mol. The fourth-order valence-electron chi connectivity index (χ4n) is 2.64. The molecule has 0 spiro atoms. The summed E-state index contributed by atoms with van der Waals surface area (Å²) in [6, 6.07) is 0.123. The lowest BCUT2D eigenvalue weighted by atomic mass is 9.94. The molecule has 1 fully saturated rings. The summed E-state index contributed by atoms with van der Waals surface area (Å²) < 4.78 is 5.31. The average molecular weight is 280 g/mol. The van der Waals surface area contributed by atoms with Crippen LogP contribution in [0.2, 0.25) is 0 Å². The molecule has 1 aromatic rings. The Morgan fingerprint density at radius 2 is 2.10 bits per heavy atom. The van der Waals surface area contributed by atoms with Gasteiger partial charge in [-0.15, -0.1) is 0 Å². The van der Waals surface area contributed by atoms with Crippen molar-refractivity contribution >= 4 is 5.91 Å². The Balaban J connectivity index is 1.91. The third-order valence-corrected chi connectivity index (χ3v) is 4.02. The Kier molecular flexibility index (Phi) is 4.75. The van der Waals surface area contributed by atoms with E-state index < -0.39 is 0 Å². The van der Waals surface area contributed by atoms with Gasteiger partial charge in [-0.1, -0.05) is 12.1 Å². The van der Waals surface area contributed by atoms with E-state index in [-0.39, 0.29) is 17.9 Å². The zero-order chi connectivity index (χ0) is 14.7. The molecule has 1 aliphatic rings. The highest BCUT2D eigenvalue weighted by Gasteiger charge is 2.30. The van der Waals surface area contributed by atoms with E-state index in [0.29, 0.717) is 5.89 Å². The lowest BCUT2D eigenvalue weighted by Gasteiger charge is -2.34. The molecule has 0 unspecified atom stereocenters. The van der Waals surface area contributed by atoms with E-state index >= 15 is 0 Å². The maximum absolute atomic E-state index is 12.0. The molecule has 6 heteroatoms. The van der Waals surface area contributed by atoms with Gasteiger partial charge in [0.25, 0.3) is 0 Å². The largest absolute Gasteiger partial charge is 0.349 e. The number of likely N-dealkylation sites (tertiary alicyclic amines) is 1. The molecule has 20 heavy (non-hydrogen) atoms. The molecule has 0 aliphatic carbocycles. The highest BCUT2D eigenvalue weighted by atomic mass is 16.5. The molecule has 1 aromatic heterocycles. The topological polar surface area (TPSA) is 62.5 Å². The van der Waals surface area contributed by atoms with Crippen molar-refractivity contribution in [3.8, 4) is 0 Å². The van der Waals surface area contributed by atoms with Crippen LogP contribution in [0, 0.1) is 5.92 Å². The lowest BCUT2D eigenvalue weighted by Crippen LogP contribution is -2.41. The number of amides is 1. The third kappa shape index (κ3) is 3.17. The van der Waals surface area contributed by atoms with Crippen LogP contribution in [0.5, 0.6) is 0 Å². The van der Waals surface area contributed by atoms with Gasteiger partial charge < -0.3 is 9.42 Å². The van der Waals surface area contributed by atoms with Crippen LogP contribution in [0.15, 0.2) is 4.52 Å². The number of hydrogen-bond donors (Lipinski definition) is 0. The quantitative estimate of drug-likeness (QED) is 0.836. The van der Waals surface area contributed by atoms with Crippen molar-refractivity contribution in [2.45, 2.75) is 39.2 Å². The molecular formula is C14H24N4O2.